The van der Waals surface area contributed by atoms with Crippen molar-refractivity contribution in [3.05, 3.63) is 46.2 Å². The summed E-state index contributed by atoms with van der Waals surface area (Å²) in [5, 5.41) is 10.9. The van der Waals surface area contributed by atoms with Crippen LogP contribution in [-0.4, -0.2) is 19.5 Å². The fraction of sp³-hybridized carbons (Fsp3) is 0.200. The van der Waals surface area contributed by atoms with E-state index in [0.29, 0.717) is 11.6 Å². The second kappa shape index (κ2) is 3.73. The molecule has 0 saturated heterocycles. The number of aryl methyl sites for hydroxylation is 2. The molecule has 0 radical (unpaired) electrons. The van der Waals surface area contributed by atoms with Crippen LogP contribution >= 0.6 is 0 Å². The van der Waals surface area contributed by atoms with Gasteiger partial charge in [-0.25, -0.2) is 9.97 Å². The SMILES string of the molecule is Cc1cnc(-n2ccnc2C)c([N+](=O)[O-])c1. The van der Waals surface area contributed by atoms with Gasteiger partial charge in [-0.15, -0.1) is 0 Å². The first-order chi connectivity index (χ1) is 7.59. The highest BCUT2D eigenvalue weighted by Gasteiger charge is 2.17. The summed E-state index contributed by atoms with van der Waals surface area (Å²) < 4.78 is 1.59. The smallest absolute Gasteiger partial charge is 0.282 e. The molecule has 2 aromatic rings. The minimum absolute atomic E-state index is 0.0129. The lowest BCUT2D eigenvalue weighted by Gasteiger charge is -2.05. The summed E-state index contributed by atoms with van der Waals surface area (Å²) in [6.45, 7) is 3.54. The van der Waals surface area contributed by atoms with E-state index in [9.17, 15) is 10.1 Å². The highest BCUT2D eigenvalue weighted by Crippen LogP contribution is 2.22. The molecule has 6 nitrogen and oxygen atoms in total. The van der Waals surface area contributed by atoms with Gasteiger partial charge in [0, 0.05) is 24.7 Å². The van der Waals surface area contributed by atoms with Crippen LogP contribution in [0.3, 0.4) is 0 Å². The fourth-order valence-corrected chi connectivity index (χ4v) is 1.47. The quantitative estimate of drug-likeness (QED) is 0.569. The number of hydrogen-bond acceptors (Lipinski definition) is 4. The van der Waals surface area contributed by atoms with Crippen molar-refractivity contribution in [2.45, 2.75) is 13.8 Å². The van der Waals surface area contributed by atoms with Crippen LogP contribution in [0.25, 0.3) is 5.82 Å². The van der Waals surface area contributed by atoms with Crippen molar-refractivity contribution in [1.29, 1.82) is 0 Å². The Morgan fingerprint density at radius 1 is 1.38 bits per heavy atom. The number of rotatable bonds is 2. The van der Waals surface area contributed by atoms with Crippen LogP contribution < -0.4 is 0 Å². The van der Waals surface area contributed by atoms with Crippen LogP contribution in [-0.2, 0) is 0 Å². The Labute approximate surface area is 91.7 Å². The van der Waals surface area contributed by atoms with Crippen LogP contribution in [0.4, 0.5) is 5.69 Å². The number of nitrogens with zero attached hydrogens (tertiary/aromatic N) is 4. The second-order valence-electron chi connectivity index (χ2n) is 3.46. The Hall–Kier alpha value is -2.24. The average molecular weight is 218 g/mol. The van der Waals surface area contributed by atoms with Gasteiger partial charge in [0.05, 0.1) is 4.92 Å². The number of imidazole rings is 1. The van der Waals surface area contributed by atoms with Gasteiger partial charge in [0.15, 0.2) is 0 Å². The van der Waals surface area contributed by atoms with Gasteiger partial charge in [-0.2, -0.15) is 0 Å². The predicted octanol–water partition coefficient (Wildman–Crippen LogP) is 1.79. The zero-order valence-electron chi connectivity index (χ0n) is 8.91. The molecule has 0 aliphatic carbocycles. The van der Waals surface area contributed by atoms with Gasteiger partial charge < -0.3 is 0 Å². The maximum atomic E-state index is 10.9. The summed E-state index contributed by atoms with van der Waals surface area (Å²) >= 11 is 0. The Morgan fingerprint density at radius 2 is 2.12 bits per heavy atom. The third-order valence-corrected chi connectivity index (χ3v) is 2.23. The minimum atomic E-state index is -0.436. The molecule has 16 heavy (non-hydrogen) atoms. The van der Waals surface area contributed by atoms with Crippen molar-refractivity contribution in [3.63, 3.8) is 0 Å². The molecule has 0 N–H and O–H groups in total. The van der Waals surface area contributed by atoms with Crippen LogP contribution in [0, 0.1) is 24.0 Å². The van der Waals surface area contributed by atoms with Gasteiger partial charge in [0.2, 0.25) is 5.82 Å². The summed E-state index contributed by atoms with van der Waals surface area (Å²) in [4.78, 5) is 18.6. The Morgan fingerprint density at radius 3 is 2.69 bits per heavy atom. The Kier molecular flexibility index (Phi) is 2.40. The maximum absolute atomic E-state index is 10.9. The molecule has 0 aliphatic rings. The molecule has 0 atom stereocenters. The van der Waals surface area contributed by atoms with E-state index in [1.165, 1.54) is 6.07 Å². The fourth-order valence-electron chi connectivity index (χ4n) is 1.47. The molecular weight excluding hydrogens is 208 g/mol. The molecule has 0 fully saturated rings. The number of hydrogen-bond donors (Lipinski definition) is 0. The largest absolute Gasteiger partial charge is 0.312 e. The molecule has 82 valence electrons. The van der Waals surface area contributed by atoms with E-state index >= 15 is 0 Å². The lowest BCUT2D eigenvalue weighted by atomic mass is 10.3. The number of pyridine rings is 1. The Balaban J connectivity index is 2.65. The first kappa shape index (κ1) is 10.3. The molecule has 2 heterocycles. The molecule has 0 saturated carbocycles. The third kappa shape index (κ3) is 1.65. The van der Waals surface area contributed by atoms with E-state index in [-0.39, 0.29) is 5.69 Å². The lowest BCUT2D eigenvalue weighted by molar-refractivity contribution is -0.384. The molecule has 0 amide bonds. The lowest BCUT2D eigenvalue weighted by Crippen LogP contribution is -2.04. The minimum Gasteiger partial charge on any atom is -0.282 e. The van der Waals surface area contributed by atoms with Crippen molar-refractivity contribution in [1.82, 2.24) is 14.5 Å². The van der Waals surface area contributed by atoms with Crippen molar-refractivity contribution >= 4 is 5.69 Å². The van der Waals surface area contributed by atoms with E-state index in [1.807, 2.05) is 0 Å². The normalized spacial score (nSPS) is 10.4. The highest BCUT2D eigenvalue weighted by molar-refractivity contribution is 5.48. The molecule has 0 bridgehead atoms. The summed E-state index contributed by atoms with van der Waals surface area (Å²) in [7, 11) is 0. The average Bonchev–Trinajstić information content (AvgIpc) is 2.64. The molecule has 2 aromatic heterocycles. The summed E-state index contributed by atoms with van der Waals surface area (Å²) in [6, 6.07) is 1.50. The molecule has 0 aliphatic heterocycles. The van der Waals surface area contributed by atoms with Crippen molar-refractivity contribution in [2.24, 2.45) is 0 Å². The summed E-state index contributed by atoms with van der Waals surface area (Å²) in [5.74, 6) is 0.963. The molecule has 0 aromatic carbocycles. The predicted molar refractivity (Wildman–Crippen MR) is 57.5 cm³/mol. The van der Waals surface area contributed by atoms with E-state index < -0.39 is 4.92 Å². The highest BCUT2D eigenvalue weighted by atomic mass is 16.6. The van der Waals surface area contributed by atoms with Crippen LogP contribution in [0.1, 0.15) is 11.4 Å². The zero-order valence-corrected chi connectivity index (χ0v) is 8.91. The van der Waals surface area contributed by atoms with Gasteiger partial charge in [-0.3, -0.25) is 14.7 Å². The van der Waals surface area contributed by atoms with Crippen LogP contribution in [0.5, 0.6) is 0 Å². The summed E-state index contributed by atoms with van der Waals surface area (Å²) in [6.07, 6.45) is 4.84. The summed E-state index contributed by atoms with van der Waals surface area (Å²) in [5.41, 5.74) is 0.745. The van der Waals surface area contributed by atoms with E-state index in [2.05, 4.69) is 9.97 Å². The first-order valence-corrected chi connectivity index (χ1v) is 4.71. The van der Waals surface area contributed by atoms with E-state index in [0.717, 1.165) is 5.56 Å². The van der Waals surface area contributed by atoms with Gasteiger partial charge in [-0.05, 0) is 19.4 Å². The molecule has 6 heteroatoms. The molecular formula is C10H10N4O2. The molecule has 2 rings (SSSR count). The first-order valence-electron chi connectivity index (χ1n) is 4.71. The van der Waals surface area contributed by atoms with Gasteiger partial charge in [-0.1, -0.05) is 0 Å². The van der Waals surface area contributed by atoms with Crippen LogP contribution in [0.2, 0.25) is 0 Å². The number of nitro groups is 1. The third-order valence-electron chi connectivity index (χ3n) is 2.23. The second-order valence-corrected chi connectivity index (χ2v) is 3.46. The van der Waals surface area contributed by atoms with Crippen LogP contribution in [0.15, 0.2) is 24.7 Å². The van der Waals surface area contributed by atoms with Crippen molar-refractivity contribution in [2.75, 3.05) is 0 Å². The molecule has 0 spiro atoms. The maximum Gasteiger partial charge on any atom is 0.312 e. The molecule has 0 unspecified atom stereocenters. The zero-order chi connectivity index (χ0) is 11.7. The van der Waals surface area contributed by atoms with E-state index in [1.54, 1.807) is 37.0 Å². The van der Waals surface area contributed by atoms with Crippen molar-refractivity contribution in [3.8, 4) is 5.82 Å². The van der Waals surface area contributed by atoms with E-state index in [4.69, 9.17) is 0 Å². The van der Waals surface area contributed by atoms with Gasteiger partial charge in [0.1, 0.15) is 5.82 Å². The topological polar surface area (TPSA) is 73.8 Å². The van der Waals surface area contributed by atoms with Crippen molar-refractivity contribution < 1.29 is 4.92 Å². The number of aromatic nitrogens is 3. The van der Waals surface area contributed by atoms with Gasteiger partial charge in [0.25, 0.3) is 0 Å². The standard InChI is InChI=1S/C10H10N4O2/c1-7-5-9(14(15)16)10(12-6-7)13-4-3-11-8(13)2/h3-6H,1-2H3. The monoisotopic (exact) mass is 218 g/mol. The Bertz CT molecular complexity index is 548. The van der Waals surface area contributed by atoms with Gasteiger partial charge >= 0.3 is 5.69 Å².